The highest BCUT2D eigenvalue weighted by atomic mass is 16.1. The Kier molecular flexibility index (Phi) is 3.75. The van der Waals surface area contributed by atoms with E-state index in [-0.39, 0.29) is 11.6 Å². The lowest BCUT2D eigenvalue weighted by atomic mass is 10.0. The largest absolute Gasteiger partial charge is 0.291 e. The highest BCUT2D eigenvalue weighted by Gasteiger charge is 2.15. The molecule has 0 aliphatic carbocycles. The van der Waals surface area contributed by atoms with Gasteiger partial charge in [0.25, 0.3) is 5.56 Å². The molecule has 0 unspecified atom stereocenters. The fourth-order valence-electron chi connectivity index (χ4n) is 3.01. The first-order valence-corrected chi connectivity index (χ1v) is 7.50. The minimum Gasteiger partial charge on any atom is -0.291 e. The average molecular weight is 293 g/mol. The van der Waals surface area contributed by atoms with Gasteiger partial charge >= 0.3 is 0 Å². The minimum absolute atomic E-state index is 0.0143. The van der Waals surface area contributed by atoms with E-state index in [9.17, 15) is 4.79 Å². The van der Waals surface area contributed by atoms with Gasteiger partial charge in [0.1, 0.15) is 0 Å². The summed E-state index contributed by atoms with van der Waals surface area (Å²) in [5.74, 6) is 0. The van der Waals surface area contributed by atoms with Crippen LogP contribution >= 0.6 is 0 Å². The molecule has 0 spiro atoms. The molecule has 0 fully saturated rings. The zero-order valence-electron chi connectivity index (χ0n) is 13.1. The first-order chi connectivity index (χ1) is 10.6. The Bertz CT molecular complexity index is 869. The van der Waals surface area contributed by atoms with Crippen molar-refractivity contribution in [3.63, 3.8) is 0 Å². The van der Waals surface area contributed by atoms with E-state index in [4.69, 9.17) is 0 Å². The smallest absolute Gasteiger partial charge is 0.261 e. The number of pyridine rings is 1. The van der Waals surface area contributed by atoms with Crippen LogP contribution in [0.1, 0.15) is 36.1 Å². The molecule has 22 heavy (non-hydrogen) atoms. The van der Waals surface area contributed by atoms with Gasteiger partial charge in [0.15, 0.2) is 0 Å². The molecule has 112 valence electrons. The highest BCUT2D eigenvalue weighted by molar-refractivity contribution is 5.81. The second-order valence-corrected chi connectivity index (χ2v) is 5.64. The van der Waals surface area contributed by atoms with Gasteiger partial charge in [-0.3, -0.25) is 14.3 Å². The first kappa shape index (κ1) is 14.4. The van der Waals surface area contributed by atoms with Crippen molar-refractivity contribution in [2.24, 2.45) is 0 Å². The molecule has 4 heteroatoms. The molecule has 0 amide bonds. The molecular formula is C18H19N3O. The van der Waals surface area contributed by atoms with Crippen molar-refractivity contribution in [2.75, 3.05) is 0 Å². The van der Waals surface area contributed by atoms with Crippen LogP contribution in [0.2, 0.25) is 0 Å². The standard InChI is InChI=1S/C18H19N3O/c1-4-16(14-5-7-19-8-6-14)21-11-20-17-13(3)9-12(2)10-15(17)18(21)22/h5-11,16H,4H2,1-3H3/t16-/m0/s1. The summed E-state index contributed by atoms with van der Waals surface area (Å²) in [6.45, 7) is 6.07. The van der Waals surface area contributed by atoms with Gasteiger partial charge in [0.05, 0.1) is 23.3 Å². The minimum atomic E-state index is -0.0202. The SMILES string of the molecule is CC[C@@H](c1ccncc1)n1cnc2c(C)cc(C)cc2c1=O. The van der Waals surface area contributed by atoms with Crippen molar-refractivity contribution in [2.45, 2.75) is 33.2 Å². The third-order valence-corrected chi connectivity index (χ3v) is 4.03. The fraction of sp³-hybridized carbons (Fsp3) is 0.278. The summed E-state index contributed by atoms with van der Waals surface area (Å²) in [6.07, 6.45) is 6.00. The van der Waals surface area contributed by atoms with Crippen LogP contribution in [0.3, 0.4) is 0 Å². The Labute approximate surface area is 129 Å². The molecule has 0 radical (unpaired) electrons. The van der Waals surface area contributed by atoms with Crippen LogP contribution in [0.15, 0.2) is 47.8 Å². The Hall–Kier alpha value is -2.49. The van der Waals surface area contributed by atoms with Gasteiger partial charge in [0, 0.05) is 12.4 Å². The Morgan fingerprint density at radius 3 is 2.59 bits per heavy atom. The van der Waals surface area contributed by atoms with Crippen LogP contribution < -0.4 is 5.56 Å². The average Bonchev–Trinajstić information content (AvgIpc) is 2.52. The molecule has 1 atom stereocenters. The van der Waals surface area contributed by atoms with E-state index in [0.717, 1.165) is 28.6 Å². The lowest BCUT2D eigenvalue weighted by Gasteiger charge is -2.19. The van der Waals surface area contributed by atoms with Crippen molar-refractivity contribution >= 4 is 10.9 Å². The Morgan fingerprint density at radius 1 is 1.18 bits per heavy atom. The van der Waals surface area contributed by atoms with Crippen molar-refractivity contribution in [1.29, 1.82) is 0 Å². The van der Waals surface area contributed by atoms with E-state index in [1.807, 2.05) is 32.0 Å². The number of fused-ring (bicyclic) bond motifs is 1. The number of hydrogen-bond acceptors (Lipinski definition) is 3. The van der Waals surface area contributed by atoms with E-state index in [0.29, 0.717) is 5.39 Å². The topological polar surface area (TPSA) is 47.8 Å². The number of benzene rings is 1. The molecular weight excluding hydrogens is 274 g/mol. The summed E-state index contributed by atoms with van der Waals surface area (Å²) in [4.78, 5) is 21.5. The molecule has 1 aromatic carbocycles. The maximum atomic E-state index is 12.9. The number of aromatic nitrogens is 3. The lowest BCUT2D eigenvalue weighted by molar-refractivity contribution is 0.544. The van der Waals surface area contributed by atoms with Crippen LogP contribution in [0, 0.1) is 13.8 Å². The third-order valence-electron chi connectivity index (χ3n) is 4.03. The molecule has 3 rings (SSSR count). The van der Waals surface area contributed by atoms with Crippen LogP contribution in [0.5, 0.6) is 0 Å². The molecule has 0 aliphatic rings. The molecule has 4 nitrogen and oxygen atoms in total. The molecule has 2 aromatic heterocycles. The van der Waals surface area contributed by atoms with Gasteiger partial charge in [0.2, 0.25) is 0 Å². The van der Waals surface area contributed by atoms with Gasteiger partial charge in [-0.15, -0.1) is 0 Å². The van der Waals surface area contributed by atoms with E-state index in [1.54, 1.807) is 23.3 Å². The number of hydrogen-bond donors (Lipinski definition) is 0. The zero-order valence-corrected chi connectivity index (χ0v) is 13.1. The van der Waals surface area contributed by atoms with Gasteiger partial charge < -0.3 is 0 Å². The predicted molar refractivity (Wildman–Crippen MR) is 88.1 cm³/mol. The molecule has 0 saturated heterocycles. The number of aryl methyl sites for hydroxylation is 2. The Morgan fingerprint density at radius 2 is 1.91 bits per heavy atom. The molecule has 0 N–H and O–H groups in total. The summed E-state index contributed by atoms with van der Waals surface area (Å²) in [7, 11) is 0. The van der Waals surface area contributed by atoms with Crippen LogP contribution in [0.25, 0.3) is 10.9 Å². The quantitative estimate of drug-likeness (QED) is 0.743. The third kappa shape index (κ3) is 2.41. The lowest BCUT2D eigenvalue weighted by Crippen LogP contribution is -2.26. The van der Waals surface area contributed by atoms with E-state index in [2.05, 4.69) is 23.0 Å². The van der Waals surface area contributed by atoms with E-state index < -0.39 is 0 Å². The van der Waals surface area contributed by atoms with Crippen molar-refractivity contribution < 1.29 is 0 Å². The maximum Gasteiger partial charge on any atom is 0.261 e. The molecule has 0 bridgehead atoms. The second-order valence-electron chi connectivity index (χ2n) is 5.64. The van der Waals surface area contributed by atoms with Crippen molar-refractivity contribution in [1.82, 2.24) is 14.5 Å². The summed E-state index contributed by atoms with van der Waals surface area (Å²) < 4.78 is 1.73. The maximum absolute atomic E-state index is 12.9. The first-order valence-electron chi connectivity index (χ1n) is 7.50. The monoisotopic (exact) mass is 293 g/mol. The van der Waals surface area contributed by atoms with Gasteiger partial charge in [-0.1, -0.05) is 13.0 Å². The normalized spacial score (nSPS) is 12.5. The van der Waals surface area contributed by atoms with Crippen molar-refractivity contribution in [3.8, 4) is 0 Å². The van der Waals surface area contributed by atoms with Crippen LogP contribution in [0.4, 0.5) is 0 Å². The van der Waals surface area contributed by atoms with E-state index in [1.165, 1.54) is 0 Å². The summed E-state index contributed by atoms with van der Waals surface area (Å²) in [6, 6.07) is 7.86. The zero-order chi connectivity index (χ0) is 15.7. The van der Waals surface area contributed by atoms with Gasteiger partial charge in [-0.05, 0) is 55.2 Å². The molecule has 0 saturated carbocycles. The van der Waals surface area contributed by atoms with Gasteiger partial charge in [-0.25, -0.2) is 4.98 Å². The van der Waals surface area contributed by atoms with Crippen molar-refractivity contribution in [3.05, 3.63) is 70.0 Å². The molecule has 3 aromatic rings. The highest BCUT2D eigenvalue weighted by Crippen LogP contribution is 2.21. The molecule has 0 aliphatic heterocycles. The molecule has 2 heterocycles. The van der Waals surface area contributed by atoms with Crippen LogP contribution in [-0.2, 0) is 0 Å². The van der Waals surface area contributed by atoms with Crippen LogP contribution in [-0.4, -0.2) is 14.5 Å². The summed E-state index contributed by atoms with van der Waals surface area (Å²) in [5, 5.41) is 0.688. The number of rotatable bonds is 3. The number of nitrogens with zero attached hydrogens (tertiary/aromatic N) is 3. The van der Waals surface area contributed by atoms with E-state index >= 15 is 0 Å². The fourth-order valence-corrected chi connectivity index (χ4v) is 3.01. The Balaban J connectivity index is 2.23. The second kappa shape index (κ2) is 5.72. The summed E-state index contributed by atoms with van der Waals surface area (Å²) >= 11 is 0. The summed E-state index contributed by atoms with van der Waals surface area (Å²) in [5.41, 5.74) is 4.00. The van der Waals surface area contributed by atoms with Gasteiger partial charge in [-0.2, -0.15) is 0 Å². The predicted octanol–water partition coefficient (Wildman–Crippen LogP) is 3.41.